The second-order valence-corrected chi connectivity index (χ2v) is 8.59. The van der Waals surface area contributed by atoms with Crippen molar-refractivity contribution < 1.29 is 14.3 Å². The van der Waals surface area contributed by atoms with Gasteiger partial charge in [-0.3, -0.25) is 4.79 Å². The second kappa shape index (κ2) is 7.90. The number of nitrogens with one attached hydrogen (secondary N) is 1. The molecule has 2 saturated heterocycles. The number of amides is 1. The highest BCUT2D eigenvalue weighted by Gasteiger charge is 2.60. The summed E-state index contributed by atoms with van der Waals surface area (Å²) in [4.78, 5) is 15.5. The average molecular weight is 373 g/mol. The van der Waals surface area contributed by atoms with Gasteiger partial charge in [-0.05, 0) is 37.7 Å². The van der Waals surface area contributed by atoms with Crippen LogP contribution in [0.1, 0.15) is 38.2 Å². The molecule has 1 amide bonds. The zero-order chi connectivity index (χ0) is 18.9. The van der Waals surface area contributed by atoms with Crippen LogP contribution in [0.5, 0.6) is 0 Å². The lowest BCUT2D eigenvalue weighted by molar-refractivity contribution is -0.150. The molecule has 2 aliphatic heterocycles. The molecule has 1 aromatic carbocycles. The summed E-state index contributed by atoms with van der Waals surface area (Å²) in [6, 6.07) is 12.0. The second-order valence-electron chi connectivity index (χ2n) is 8.59. The Bertz CT molecular complexity index is 652. The molecule has 1 aromatic rings. The molecule has 4 rings (SSSR count). The van der Waals surface area contributed by atoms with Crippen molar-refractivity contribution in [1.29, 1.82) is 0 Å². The first-order valence-corrected chi connectivity index (χ1v) is 10.3. The quantitative estimate of drug-likeness (QED) is 0.747. The minimum absolute atomic E-state index is 0.136. The van der Waals surface area contributed by atoms with Gasteiger partial charge in [-0.25, -0.2) is 0 Å². The monoisotopic (exact) mass is 372 g/mol. The molecular formula is C22H32N2O3. The molecule has 0 radical (unpaired) electrons. The van der Waals surface area contributed by atoms with E-state index in [1.54, 1.807) is 7.11 Å². The van der Waals surface area contributed by atoms with Crippen LogP contribution < -0.4 is 5.32 Å². The first-order chi connectivity index (χ1) is 13.1. The SMILES string of the molecule is COCCOCC(=O)N1[C@@H](Cc2ccccc2)[C@@H]2C[C@@]3(C)[C@H](CCC[C@@H]13)N2. The summed E-state index contributed by atoms with van der Waals surface area (Å²) in [6.07, 6.45) is 5.61. The Morgan fingerprint density at radius 3 is 2.85 bits per heavy atom. The topological polar surface area (TPSA) is 50.8 Å². The van der Waals surface area contributed by atoms with Crippen LogP contribution in [0, 0.1) is 5.41 Å². The van der Waals surface area contributed by atoms with E-state index in [0.717, 1.165) is 12.8 Å². The fourth-order valence-corrected chi connectivity index (χ4v) is 5.71. The van der Waals surface area contributed by atoms with E-state index in [9.17, 15) is 4.79 Å². The number of carbonyl (C=O) groups excluding carboxylic acids is 1. The molecule has 5 atom stereocenters. The summed E-state index contributed by atoms with van der Waals surface area (Å²) >= 11 is 0. The maximum Gasteiger partial charge on any atom is 0.249 e. The van der Waals surface area contributed by atoms with Crippen molar-refractivity contribution in [3.63, 3.8) is 0 Å². The Hall–Kier alpha value is -1.43. The predicted octanol–water partition coefficient (Wildman–Crippen LogP) is 2.39. The molecule has 148 valence electrons. The number of hydrogen-bond donors (Lipinski definition) is 1. The highest BCUT2D eigenvalue weighted by molar-refractivity contribution is 5.79. The molecular weight excluding hydrogens is 340 g/mol. The van der Waals surface area contributed by atoms with Gasteiger partial charge in [0.05, 0.1) is 19.3 Å². The maximum absolute atomic E-state index is 13.3. The molecule has 5 nitrogen and oxygen atoms in total. The van der Waals surface area contributed by atoms with E-state index in [-0.39, 0.29) is 24.0 Å². The Morgan fingerprint density at radius 2 is 2.07 bits per heavy atom. The number of likely N-dealkylation sites (tertiary alicyclic amines) is 1. The molecule has 0 aromatic heterocycles. The highest BCUT2D eigenvalue weighted by Crippen LogP contribution is 2.52. The first kappa shape index (κ1) is 18.9. The molecule has 0 unspecified atom stereocenters. The van der Waals surface area contributed by atoms with Gasteiger partial charge >= 0.3 is 0 Å². The van der Waals surface area contributed by atoms with E-state index in [2.05, 4.69) is 47.5 Å². The van der Waals surface area contributed by atoms with Crippen LogP contribution in [0.4, 0.5) is 0 Å². The number of rotatable bonds is 7. The summed E-state index contributed by atoms with van der Waals surface area (Å²) < 4.78 is 10.6. The third-order valence-corrected chi connectivity index (χ3v) is 6.99. The zero-order valence-electron chi connectivity index (χ0n) is 16.5. The standard InChI is InChI=1S/C22H32N2O3/c1-22-14-17-18(13-16-7-4-3-5-8-16)24(21(25)15-27-12-11-26-2)20(22)10-6-9-19(22)23-17/h3-5,7-8,17-20,23H,6,9-15H2,1-2H3/t17-,18-,19-,20+,22-/m0/s1. The molecule has 5 heteroatoms. The predicted molar refractivity (Wildman–Crippen MR) is 105 cm³/mol. The van der Waals surface area contributed by atoms with Crippen LogP contribution in [-0.2, 0) is 20.7 Å². The van der Waals surface area contributed by atoms with Gasteiger partial charge in [0.25, 0.3) is 0 Å². The van der Waals surface area contributed by atoms with E-state index < -0.39 is 0 Å². The summed E-state index contributed by atoms with van der Waals surface area (Å²) in [7, 11) is 1.65. The average Bonchev–Trinajstić information content (AvgIpc) is 3.02. The summed E-state index contributed by atoms with van der Waals surface area (Å²) in [5.41, 5.74) is 1.49. The molecule has 2 heterocycles. The molecule has 27 heavy (non-hydrogen) atoms. The van der Waals surface area contributed by atoms with E-state index >= 15 is 0 Å². The third kappa shape index (κ3) is 3.53. The molecule has 2 bridgehead atoms. The minimum atomic E-state index is 0.136. The number of ether oxygens (including phenoxy) is 2. The van der Waals surface area contributed by atoms with Crippen LogP contribution in [0.15, 0.2) is 30.3 Å². The lowest BCUT2D eigenvalue weighted by atomic mass is 9.64. The largest absolute Gasteiger partial charge is 0.382 e. The number of piperidine rings is 1. The minimum Gasteiger partial charge on any atom is -0.382 e. The van der Waals surface area contributed by atoms with E-state index in [1.165, 1.54) is 24.8 Å². The smallest absolute Gasteiger partial charge is 0.249 e. The van der Waals surface area contributed by atoms with Crippen molar-refractivity contribution in [2.75, 3.05) is 26.9 Å². The fraction of sp³-hybridized carbons (Fsp3) is 0.682. The van der Waals surface area contributed by atoms with E-state index in [4.69, 9.17) is 9.47 Å². The van der Waals surface area contributed by atoms with Crippen molar-refractivity contribution in [2.24, 2.45) is 5.41 Å². The van der Waals surface area contributed by atoms with Crippen molar-refractivity contribution >= 4 is 5.91 Å². The molecule has 1 saturated carbocycles. The summed E-state index contributed by atoms with van der Waals surface area (Å²) in [5.74, 6) is 0.136. The van der Waals surface area contributed by atoms with Gasteiger partial charge in [-0.2, -0.15) is 0 Å². The number of fused-ring (bicyclic) bond motifs is 1. The van der Waals surface area contributed by atoms with Crippen LogP contribution in [-0.4, -0.2) is 61.9 Å². The van der Waals surface area contributed by atoms with Crippen LogP contribution in [0.25, 0.3) is 0 Å². The van der Waals surface area contributed by atoms with Gasteiger partial charge in [0.2, 0.25) is 5.91 Å². The van der Waals surface area contributed by atoms with Gasteiger partial charge in [0.15, 0.2) is 0 Å². The van der Waals surface area contributed by atoms with E-state index in [1.807, 2.05) is 0 Å². The van der Waals surface area contributed by atoms with Gasteiger partial charge in [-0.15, -0.1) is 0 Å². The van der Waals surface area contributed by atoms with Crippen molar-refractivity contribution in [2.45, 2.75) is 63.2 Å². The number of nitrogens with zero attached hydrogens (tertiary/aromatic N) is 1. The molecule has 1 N–H and O–H groups in total. The number of methoxy groups -OCH3 is 1. The van der Waals surface area contributed by atoms with Gasteiger partial charge < -0.3 is 19.7 Å². The molecule has 1 aliphatic carbocycles. The van der Waals surface area contributed by atoms with Gasteiger partial charge in [0.1, 0.15) is 6.61 Å². The van der Waals surface area contributed by atoms with Crippen LogP contribution >= 0.6 is 0 Å². The Labute approximate surface area is 162 Å². The van der Waals surface area contributed by atoms with Crippen LogP contribution in [0.2, 0.25) is 0 Å². The van der Waals surface area contributed by atoms with Gasteiger partial charge in [-0.1, -0.05) is 37.3 Å². The van der Waals surface area contributed by atoms with Crippen LogP contribution in [0.3, 0.4) is 0 Å². The molecule has 3 aliphatic rings. The molecule has 3 fully saturated rings. The Balaban J connectivity index is 1.57. The lowest BCUT2D eigenvalue weighted by Crippen LogP contribution is -2.63. The normalized spacial score (nSPS) is 34.7. The fourth-order valence-electron chi connectivity index (χ4n) is 5.71. The first-order valence-electron chi connectivity index (χ1n) is 10.3. The lowest BCUT2D eigenvalue weighted by Gasteiger charge is -2.53. The number of benzene rings is 1. The third-order valence-electron chi connectivity index (χ3n) is 6.99. The number of carbonyl (C=O) groups is 1. The summed E-state index contributed by atoms with van der Waals surface area (Å²) in [5, 5.41) is 3.90. The summed E-state index contributed by atoms with van der Waals surface area (Å²) in [6.45, 7) is 3.53. The van der Waals surface area contributed by atoms with Crippen molar-refractivity contribution in [3.05, 3.63) is 35.9 Å². The Kier molecular flexibility index (Phi) is 5.53. The van der Waals surface area contributed by atoms with Crippen molar-refractivity contribution in [3.8, 4) is 0 Å². The number of hydrogen-bond acceptors (Lipinski definition) is 4. The van der Waals surface area contributed by atoms with Crippen molar-refractivity contribution in [1.82, 2.24) is 10.2 Å². The van der Waals surface area contributed by atoms with Gasteiger partial charge in [0, 0.05) is 30.7 Å². The highest BCUT2D eigenvalue weighted by atomic mass is 16.5. The Morgan fingerprint density at radius 1 is 1.26 bits per heavy atom. The van der Waals surface area contributed by atoms with E-state index in [0.29, 0.717) is 31.3 Å². The zero-order valence-corrected chi connectivity index (χ0v) is 16.5. The molecule has 0 spiro atoms. The maximum atomic E-state index is 13.3.